The summed E-state index contributed by atoms with van der Waals surface area (Å²) >= 11 is 1.25. The Balaban J connectivity index is 1.44. The largest absolute Gasteiger partial charge is 0.457 e. The van der Waals surface area contributed by atoms with Gasteiger partial charge in [-0.25, -0.2) is 4.39 Å². The molecule has 0 atom stereocenters. The average Bonchev–Trinajstić information content (AvgIpc) is 3.40. The van der Waals surface area contributed by atoms with Gasteiger partial charge in [0.15, 0.2) is 5.84 Å². The molecular weight excluding hydrogens is 403 g/mol. The maximum Gasteiger partial charge on any atom is 0.283 e. The number of hydrazone groups is 1. The zero-order valence-electron chi connectivity index (χ0n) is 15.4. The molecule has 0 saturated carbocycles. The molecule has 0 saturated heterocycles. The number of furan rings is 1. The van der Waals surface area contributed by atoms with Gasteiger partial charge in [-0.15, -0.1) is 0 Å². The number of fused-ring (bicyclic) bond motifs is 1. The molecule has 30 heavy (non-hydrogen) atoms. The van der Waals surface area contributed by atoms with Gasteiger partial charge in [0, 0.05) is 11.1 Å². The summed E-state index contributed by atoms with van der Waals surface area (Å²) in [6, 6.07) is 18.8. The molecule has 0 radical (unpaired) electrons. The number of thioether (sulfide) groups is 1. The minimum atomic E-state index is -0.525. The number of rotatable bonds is 3. The minimum absolute atomic E-state index is 0.0665. The van der Waals surface area contributed by atoms with Crippen molar-refractivity contribution in [1.29, 1.82) is 5.41 Å². The summed E-state index contributed by atoms with van der Waals surface area (Å²) in [7, 11) is 0. The number of halogens is 1. The van der Waals surface area contributed by atoms with Crippen LogP contribution in [0.5, 0.6) is 0 Å². The maximum atomic E-state index is 13.1. The summed E-state index contributed by atoms with van der Waals surface area (Å²) in [4.78, 5) is 16.6. The molecule has 3 aromatic rings. The molecule has 5 rings (SSSR count). The molecule has 0 spiro atoms. The van der Waals surface area contributed by atoms with Crippen LogP contribution in [0.4, 0.5) is 4.39 Å². The van der Waals surface area contributed by atoms with Gasteiger partial charge in [0.25, 0.3) is 5.91 Å². The lowest BCUT2D eigenvalue weighted by atomic mass is 10.1. The number of amidine groups is 2. The molecule has 0 aliphatic carbocycles. The van der Waals surface area contributed by atoms with E-state index in [0.29, 0.717) is 27.3 Å². The fourth-order valence-electron chi connectivity index (χ4n) is 3.03. The molecule has 1 amide bonds. The van der Waals surface area contributed by atoms with Crippen LogP contribution in [0.3, 0.4) is 0 Å². The Morgan fingerprint density at radius 1 is 1.00 bits per heavy atom. The zero-order valence-corrected chi connectivity index (χ0v) is 16.2. The molecule has 2 aromatic carbocycles. The van der Waals surface area contributed by atoms with Crippen molar-refractivity contribution in [3.05, 3.63) is 89.4 Å². The highest BCUT2D eigenvalue weighted by Gasteiger charge is 2.36. The minimum Gasteiger partial charge on any atom is -0.457 e. The second-order valence-corrected chi connectivity index (χ2v) is 7.46. The van der Waals surface area contributed by atoms with E-state index in [-0.39, 0.29) is 17.2 Å². The monoisotopic (exact) mass is 416 g/mol. The van der Waals surface area contributed by atoms with Crippen molar-refractivity contribution in [3.8, 4) is 11.3 Å². The standard InChI is InChI=1S/C22H13FN4O2S/c23-15-8-6-13(7-9-15)18-11-10-16(29-18)12-17-19(24)27-22(25-20(17)28)30-21(26-27)14-4-2-1-3-5-14/h1-12,24H. The lowest BCUT2D eigenvalue weighted by molar-refractivity contribution is -0.114. The van der Waals surface area contributed by atoms with Crippen LogP contribution in [0, 0.1) is 11.2 Å². The molecule has 2 aliphatic rings. The van der Waals surface area contributed by atoms with Gasteiger partial charge in [0.2, 0.25) is 5.17 Å². The van der Waals surface area contributed by atoms with Gasteiger partial charge in [0.05, 0.1) is 5.57 Å². The molecule has 6 nitrogen and oxygen atoms in total. The number of nitrogens with one attached hydrogen (secondary N) is 1. The van der Waals surface area contributed by atoms with Gasteiger partial charge in [-0.3, -0.25) is 10.2 Å². The molecule has 146 valence electrons. The van der Waals surface area contributed by atoms with E-state index in [1.54, 1.807) is 24.3 Å². The van der Waals surface area contributed by atoms with Crippen molar-refractivity contribution in [2.24, 2.45) is 10.1 Å². The molecule has 2 aliphatic heterocycles. The van der Waals surface area contributed by atoms with E-state index in [1.807, 2.05) is 30.3 Å². The number of carbonyl (C=O) groups excluding carboxylic acids is 1. The Morgan fingerprint density at radius 2 is 1.77 bits per heavy atom. The second kappa shape index (κ2) is 7.23. The first-order chi connectivity index (χ1) is 14.6. The lowest BCUT2D eigenvalue weighted by Gasteiger charge is -2.19. The number of aliphatic imine (C=N–C) groups is 1. The van der Waals surface area contributed by atoms with E-state index < -0.39 is 5.91 Å². The summed E-state index contributed by atoms with van der Waals surface area (Å²) in [5, 5.41) is 15.3. The summed E-state index contributed by atoms with van der Waals surface area (Å²) in [6.07, 6.45) is 1.47. The summed E-state index contributed by atoms with van der Waals surface area (Å²) in [5.41, 5.74) is 1.68. The van der Waals surface area contributed by atoms with Crippen LogP contribution in [0.2, 0.25) is 0 Å². The van der Waals surface area contributed by atoms with E-state index >= 15 is 0 Å². The van der Waals surface area contributed by atoms with Crippen LogP contribution >= 0.6 is 11.8 Å². The number of amides is 1. The summed E-state index contributed by atoms with van der Waals surface area (Å²) in [6.45, 7) is 0. The molecule has 0 fully saturated rings. The third-order valence-electron chi connectivity index (χ3n) is 4.52. The number of hydrogen-bond acceptors (Lipinski definition) is 5. The predicted molar refractivity (Wildman–Crippen MR) is 115 cm³/mol. The van der Waals surface area contributed by atoms with E-state index in [4.69, 9.17) is 9.83 Å². The van der Waals surface area contributed by atoms with E-state index in [9.17, 15) is 9.18 Å². The quantitative estimate of drug-likeness (QED) is 0.625. The van der Waals surface area contributed by atoms with Crippen LogP contribution < -0.4 is 0 Å². The second-order valence-electron chi connectivity index (χ2n) is 6.50. The van der Waals surface area contributed by atoms with Crippen molar-refractivity contribution < 1.29 is 13.6 Å². The van der Waals surface area contributed by atoms with E-state index in [2.05, 4.69) is 10.1 Å². The van der Waals surface area contributed by atoms with Crippen molar-refractivity contribution in [3.63, 3.8) is 0 Å². The van der Waals surface area contributed by atoms with Crippen LogP contribution in [-0.2, 0) is 4.79 Å². The Hall–Kier alpha value is -3.78. The normalized spacial score (nSPS) is 17.2. The highest BCUT2D eigenvalue weighted by molar-refractivity contribution is 8.27. The number of nitrogens with zero attached hydrogens (tertiary/aromatic N) is 3. The van der Waals surface area contributed by atoms with Crippen LogP contribution in [0.15, 0.2) is 86.8 Å². The van der Waals surface area contributed by atoms with Gasteiger partial charge in [0.1, 0.15) is 22.4 Å². The fourth-order valence-corrected chi connectivity index (χ4v) is 3.93. The van der Waals surface area contributed by atoms with Gasteiger partial charge in [-0.1, -0.05) is 30.3 Å². The molecule has 1 N–H and O–H groups in total. The molecule has 3 heterocycles. The van der Waals surface area contributed by atoms with Gasteiger partial charge < -0.3 is 4.42 Å². The Morgan fingerprint density at radius 3 is 2.53 bits per heavy atom. The number of benzene rings is 2. The van der Waals surface area contributed by atoms with Gasteiger partial charge in [-0.2, -0.15) is 15.1 Å². The van der Waals surface area contributed by atoms with E-state index in [1.165, 1.54) is 35.0 Å². The molecular formula is C22H13FN4O2S. The topological polar surface area (TPSA) is 82.0 Å². The molecule has 8 heteroatoms. The van der Waals surface area contributed by atoms with Crippen molar-refractivity contribution in [1.82, 2.24) is 5.01 Å². The zero-order chi connectivity index (χ0) is 20.7. The van der Waals surface area contributed by atoms with Gasteiger partial charge in [-0.05, 0) is 54.2 Å². The van der Waals surface area contributed by atoms with Crippen molar-refractivity contribution >= 4 is 39.8 Å². The van der Waals surface area contributed by atoms with Crippen LogP contribution in [-0.4, -0.2) is 27.0 Å². The van der Waals surface area contributed by atoms with Crippen molar-refractivity contribution in [2.45, 2.75) is 0 Å². The predicted octanol–water partition coefficient (Wildman–Crippen LogP) is 4.75. The first-order valence-electron chi connectivity index (χ1n) is 9.00. The van der Waals surface area contributed by atoms with Crippen LogP contribution in [0.25, 0.3) is 17.4 Å². The highest BCUT2D eigenvalue weighted by Crippen LogP contribution is 2.31. The number of hydrogen-bond donors (Lipinski definition) is 1. The average molecular weight is 416 g/mol. The Bertz CT molecular complexity index is 1260. The SMILES string of the molecule is N=C1C(=Cc2ccc(-c3ccc(F)cc3)o2)C(=O)N=C2SC(c3ccccc3)=NN12. The van der Waals surface area contributed by atoms with Gasteiger partial charge >= 0.3 is 0 Å². The first-order valence-corrected chi connectivity index (χ1v) is 9.81. The first kappa shape index (κ1) is 18.3. The maximum absolute atomic E-state index is 13.1. The molecule has 1 aromatic heterocycles. The summed E-state index contributed by atoms with van der Waals surface area (Å²) < 4.78 is 18.9. The summed E-state index contributed by atoms with van der Waals surface area (Å²) in [5.74, 6) is -0.00485. The third-order valence-corrected chi connectivity index (χ3v) is 5.47. The van der Waals surface area contributed by atoms with Crippen molar-refractivity contribution in [2.75, 3.05) is 0 Å². The third kappa shape index (κ3) is 3.27. The molecule has 0 unspecified atom stereocenters. The Labute approximate surface area is 174 Å². The highest BCUT2D eigenvalue weighted by atomic mass is 32.2. The van der Waals surface area contributed by atoms with E-state index in [0.717, 1.165) is 5.56 Å². The van der Waals surface area contributed by atoms with Crippen LogP contribution in [0.1, 0.15) is 11.3 Å². The molecule has 0 bridgehead atoms. The lowest BCUT2D eigenvalue weighted by Crippen LogP contribution is -2.35. The number of carbonyl (C=O) groups is 1. The fraction of sp³-hybridized carbons (Fsp3) is 0. The Kier molecular flexibility index (Phi) is 4.40. The smallest absolute Gasteiger partial charge is 0.283 e.